The Morgan fingerprint density at radius 2 is 1.56 bits per heavy atom. The molecule has 2 N–H and O–H groups in total. The first-order chi connectivity index (χ1) is 12.5. The summed E-state index contributed by atoms with van der Waals surface area (Å²) in [4.78, 5) is 11.5. The van der Waals surface area contributed by atoms with Gasteiger partial charge in [-0.25, -0.2) is 13.2 Å². The summed E-state index contributed by atoms with van der Waals surface area (Å²) in [5.41, 5.74) is 6.25. The molecule has 3 aromatic rings. The molecule has 4 rings (SSSR count). The van der Waals surface area contributed by atoms with E-state index >= 15 is 0 Å². The minimum atomic E-state index is -1.58. The summed E-state index contributed by atoms with van der Waals surface area (Å²) in [6, 6.07) is 12.6. The molecule has 3 nitrogen and oxygen atoms in total. The molecule has 1 aliphatic rings. The maximum Gasteiger partial charge on any atom is 0.194 e. The van der Waals surface area contributed by atoms with E-state index in [-0.39, 0.29) is 48.1 Å². The van der Waals surface area contributed by atoms with Crippen molar-refractivity contribution >= 4 is 17.1 Å². The number of benzene rings is 3. The van der Waals surface area contributed by atoms with Crippen molar-refractivity contribution in [2.24, 2.45) is 5.73 Å². The molecule has 27 heavy (non-hydrogen) atoms. The number of halogens is 3. The summed E-state index contributed by atoms with van der Waals surface area (Å²) < 4.78 is 46.4. The fraction of sp³-hybridized carbons (Fsp3) is 0.0500. The Bertz CT molecular complexity index is 1070. The summed E-state index contributed by atoms with van der Waals surface area (Å²) in [5, 5.41) is 1.71. The normalized spacial score (nSPS) is 15.7. The number of carbonyl (C=O) groups excluding carboxylic acids is 1. The van der Waals surface area contributed by atoms with Gasteiger partial charge in [-0.3, -0.25) is 0 Å². The molecular formula is C20H11F3NO2U-. The first-order valence-electron chi connectivity index (χ1n) is 7.72. The first-order valence-corrected chi connectivity index (χ1v) is 7.72. The number of fused-ring (bicyclic) bond motifs is 2. The maximum absolute atomic E-state index is 13.8. The summed E-state index contributed by atoms with van der Waals surface area (Å²) in [5.74, 6) is -5.05. The molecule has 1 heterocycles. The summed E-state index contributed by atoms with van der Waals surface area (Å²) >= 11 is 0. The second-order valence-corrected chi connectivity index (χ2v) is 5.95. The molecule has 0 radical (unpaired) electrons. The molecule has 3 aromatic carbocycles. The Morgan fingerprint density at radius 1 is 0.963 bits per heavy atom. The van der Waals surface area contributed by atoms with E-state index in [1.807, 2.05) is 24.3 Å². The van der Waals surface area contributed by atoms with Crippen molar-refractivity contribution in [1.29, 1.82) is 0 Å². The van der Waals surface area contributed by atoms with Crippen LogP contribution in [-0.4, -0.2) is 6.29 Å². The Morgan fingerprint density at radius 3 is 2.15 bits per heavy atom. The molecule has 0 saturated heterocycles. The van der Waals surface area contributed by atoms with Crippen molar-refractivity contribution in [3.8, 4) is 5.75 Å². The van der Waals surface area contributed by atoms with Gasteiger partial charge in [0, 0.05) is 48.5 Å². The average molecular weight is 592 g/mol. The predicted molar refractivity (Wildman–Crippen MR) is 89.6 cm³/mol. The first kappa shape index (κ1) is 19.5. The predicted octanol–water partition coefficient (Wildman–Crippen LogP) is 4.06. The number of hydrogen-bond acceptors (Lipinski definition) is 3. The Labute approximate surface area is 176 Å². The van der Waals surface area contributed by atoms with Crippen molar-refractivity contribution in [1.82, 2.24) is 0 Å². The number of nitrogens with two attached hydrogens (primary N) is 1. The Kier molecular flexibility index (Phi) is 5.36. The average Bonchev–Trinajstić information content (AvgIpc) is 2.63. The van der Waals surface area contributed by atoms with Gasteiger partial charge in [0.25, 0.3) is 0 Å². The van der Waals surface area contributed by atoms with Gasteiger partial charge in [-0.15, -0.1) is 5.57 Å². The van der Waals surface area contributed by atoms with E-state index in [1.165, 1.54) is 0 Å². The molecule has 1 unspecified atom stereocenters. The SMILES string of the molecule is NC1=C([C-]=O)C(c2cc(F)c(F)c(F)c2)c2cc3ccccc3cc2O1.[U]. The van der Waals surface area contributed by atoms with E-state index in [0.29, 0.717) is 11.3 Å². The van der Waals surface area contributed by atoms with Crippen molar-refractivity contribution < 1.29 is 53.8 Å². The van der Waals surface area contributed by atoms with Crippen molar-refractivity contribution in [2.75, 3.05) is 0 Å². The zero-order valence-electron chi connectivity index (χ0n) is 13.7. The molecular weight excluding hydrogens is 581 g/mol. The Balaban J connectivity index is 0.00000210. The molecule has 0 aromatic heterocycles. The quantitative estimate of drug-likeness (QED) is 0.361. The van der Waals surface area contributed by atoms with E-state index in [2.05, 4.69) is 0 Å². The molecule has 134 valence electrons. The number of allylic oxidation sites excluding steroid dienone is 1. The van der Waals surface area contributed by atoms with Crippen LogP contribution in [0.1, 0.15) is 17.0 Å². The van der Waals surface area contributed by atoms with Crippen LogP contribution in [-0.2, 0) is 4.79 Å². The number of rotatable bonds is 2. The molecule has 0 spiro atoms. The standard InChI is InChI=1S/C20H11F3NO2.U/c21-15-6-12(7-16(22)19(15)23)18-13-5-10-3-1-2-4-11(10)8-17(13)26-20(24)14(18)9-25;/h1-8,18H,24H2;/q-1;. The third kappa shape index (κ3) is 3.26. The summed E-state index contributed by atoms with van der Waals surface area (Å²) in [7, 11) is 0. The minimum Gasteiger partial charge on any atom is -0.529 e. The van der Waals surface area contributed by atoms with Crippen LogP contribution >= 0.6 is 0 Å². The van der Waals surface area contributed by atoms with Crippen molar-refractivity contribution in [3.05, 3.63) is 88.6 Å². The molecule has 0 bridgehead atoms. The topological polar surface area (TPSA) is 52.3 Å². The van der Waals surface area contributed by atoms with Crippen LogP contribution in [0.4, 0.5) is 13.2 Å². The summed E-state index contributed by atoms with van der Waals surface area (Å²) in [6.07, 6.45) is 1.69. The van der Waals surface area contributed by atoms with Crippen LogP contribution in [0.3, 0.4) is 0 Å². The van der Waals surface area contributed by atoms with Gasteiger partial charge in [0.1, 0.15) is 5.75 Å². The minimum absolute atomic E-state index is 0. The third-order valence-corrected chi connectivity index (χ3v) is 4.41. The van der Waals surface area contributed by atoms with Crippen molar-refractivity contribution in [3.63, 3.8) is 0 Å². The molecule has 0 amide bonds. The molecule has 7 heteroatoms. The smallest absolute Gasteiger partial charge is 0.194 e. The number of ether oxygens (including phenoxy) is 1. The summed E-state index contributed by atoms with van der Waals surface area (Å²) in [6.45, 7) is 0. The second kappa shape index (κ2) is 7.42. The van der Waals surface area contributed by atoms with Gasteiger partial charge in [-0.05, 0) is 46.9 Å². The van der Waals surface area contributed by atoms with E-state index in [1.54, 1.807) is 18.4 Å². The van der Waals surface area contributed by atoms with Crippen LogP contribution in [0.5, 0.6) is 5.75 Å². The van der Waals surface area contributed by atoms with E-state index in [4.69, 9.17) is 10.5 Å². The van der Waals surface area contributed by atoms with E-state index in [9.17, 15) is 18.0 Å². The Hall–Kier alpha value is -2.23. The van der Waals surface area contributed by atoms with Crippen LogP contribution in [0.25, 0.3) is 10.8 Å². The number of hydrogen-bond donors (Lipinski definition) is 1. The zero-order valence-corrected chi connectivity index (χ0v) is 17.9. The van der Waals surface area contributed by atoms with Gasteiger partial charge in [-0.1, -0.05) is 24.3 Å². The fourth-order valence-corrected chi connectivity index (χ4v) is 3.22. The van der Waals surface area contributed by atoms with Gasteiger partial charge >= 0.3 is 0 Å². The van der Waals surface area contributed by atoms with Crippen LogP contribution in [0.2, 0.25) is 0 Å². The van der Waals surface area contributed by atoms with Gasteiger partial charge in [-0.2, -0.15) is 0 Å². The molecule has 0 fully saturated rings. The van der Waals surface area contributed by atoms with Gasteiger partial charge in [0.15, 0.2) is 17.5 Å². The maximum atomic E-state index is 13.8. The van der Waals surface area contributed by atoms with Crippen LogP contribution < -0.4 is 10.5 Å². The van der Waals surface area contributed by atoms with Crippen molar-refractivity contribution in [2.45, 2.75) is 5.92 Å². The molecule has 1 aliphatic heterocycles. The van der Waals surface area contributed by atoms with Gasteiger partial charge in [0.05, 0.1) is 0 Å². The molecule has 0 saturated carbocycles. The second-order valence-electron chi connectivity index (χ2n) is 5.95. The fourth-order valence-electron chi connectivity index (χ4n) is 3.22. The van der Waals surface area contributed by atoms with E-state index in [0.717, 1.165) is 22.9 Å². The zero-order chi connectivity index (χ0) is 18.4. The van der Waals surface area contributed by atoms with E-state index < -0.39 is 23.4 Å². The third-order valence-electron chi connectivity index (χ3n) is 4.41. The molecule has 0 aliphatic carbocycles. The molecule has 1 atom stereocenters. The van der Waals surface area contributed by atoms with Gasteiger partial charge in [0.2, 0.25) is 0 Å². The largest absolute Gasteiger partial charge is 0.529 e. The van der Waals surface area contributed by atoms with Gasteiger partial charge < -0.3 is 15.3 Å². The monoisotopic (exact) mass is 592 g/mol. The van der Waals surface area contributed by atoms with Crippen LogP contribution in [0, 0.1) is 48.6 Å². The van der Waals surface area contributed by atoms with Crippen LogP contribution in [0.15, 0.2) is 60.0 Å².